The van der Waals surface area contributed by atoms with E-state index < -0.39 is 5.34 Å². The van der Waals surface area contributed by atoms with Crippen LogP contribution in [0.2, 0.25) is 0 Å². The van der Waals surface area contributed by atoms with Gasteiger partial charge in [0.1, 0.15) is 5.69 Å². The van der Waals surface area contributed by atoms with E-state index in [1.165, 1.54) is 6.42 Å². The Morgan fingerprint density at radius 2 is 1.92 bits per heavy atom. The normalized spacial score (nSPS) is 20.6. The predicted octanol–water partition coefficient (Wildman–Crippen LogP) is 1.12. The van der Waals surface area contributed by atoms with Gasteiger partial charge < -0.3 is 14.5 Å². The van der Waals surface area contributed by atoms with Crippen molar-refractivity contribution in [2.45, 2.75) is 31.5 Å². The van der Waals surface area contributed by atoms with Gasteiger partial charge >= 0.3 is 0 Å². The number of likely N-dealkylation sites (tertiary alicyclic amines) is 1. The quantitative estimate of drug-likeness (QED) is 0.773. The SMILES string of the molecule is [B]C([B])(c1cccc(C(=O)N2CCOCC2)n1)N1CCC(CC)CC1. The number of piperidine rings is 1. The zero-order chi connectivity index (χ0) is 17.9. The van der Waals surface area contributed by atoms with Gasteiger partial charge in [0, 0.05) is 18.8 Å². The maximum Gasteiger partial charge on any atom is 0.272 e. The minimum Gasteiger partial charge on any atom is -0.378 e. The maximum absolute atomic E-state index is 12.6. The van der Waals surface area contributed by atoms with Crippen molar-refractivity contribution in [3.05, 3.63) is 29.6 Å². The Morgan fingerprint density at radius 3 is 2.56 bits per heavy atom. The van der Waals surface area contributed by atoms with Gasteiger partial charge in [0.25, 0.3) is 5.91 Å². The summed E-state index contributed by atoms with van der Waals surface area (Å²) in [5, 5.41) is -1.15. The highest BCUT2D eigenvalue weighted by Crippen LogP contribution is 2.28. The fourth-order valence-corrected chi connectivity index (χ4v) is 3.58. The third-order valence-electron chi connectivity index (χ3n) is 5.39. The van der Waals surface area contributed by atoms with Crippen molar-refractivity contribution >= 4 is 21.6 Å². The Balaban J connectivity index is 1.74. The molecule has 0 N–H and O–H groups in total. The molecule has 0 bridgehead atoms. The molecule has 0 unspecified atom stereocenters. The minimum atomic E-state index is -1.15. The van der Waals surface area contributed by atoms with Gasteiger partial charge in [-0.25, -0.2) is 4.98 Å². The first kappa shape index (κ1) is 18.5. The Hall–Kier alpha value is -1.33. The summed E-state index contributed by atoms with van der Waals surface area (Å²) in [6.07, 6.45) is 3.38. The summed E-state index contributed by atoms with van der Waals surface area (Å²) in [6.45, 7) is 6.24. The van der Waals surface area contributed by atoms with Gasteiger partial charge in [0.15, 0.2) is 0 Å². The summed E-state index contributed by atoms with van der Waals surface area (Å²) in [5.41, 5.74) is 0.935. The highest BCUT2D eigenvalue weighted by atomic mass is 16.5. The first-order chi connectivity index (χ1) is 12.0. The van der Waals surface area contributed by atoms with Gasteiger partial charge in [-0.15, -0.1) is 0 Å². The lowest BCUT2D eigenvalue weighted by atomic mass is 9.58. The Labute approximate surface area is 152 Å². The predicted molar refractivity (Wildman–Crippen MR) is 98.7 cm³/mol. The molecule has 3 heterocycles. The Kier molecular flexibility index (Phi) is 5.85. The molecule has 1 aromatic heterocycles. The molecule has 3 rings (SSSR count). The first-order valence-electron chi connectivity index (χ1n) is 9.19. The summed E-state index contributed by atoms with van der Waals surface area (Å²) in [6, 6.07) is 5.34. The number of nitrogens with zero attached hydrogens (tertiary/aromatic N) is 3. The van der Waals surface area contributed by atoms with Crippen LogP contribution in [0.5, 0.6) is 0 Å². The molecular formula is C18H25B2N3O2. The Morgan fingerprint density at radius 1 is 1.24 bits per heavy atom. The van der Waals surface area contributed by atoms with Crippen molar-refractivity contribution in [2.75, 3.05) is 39.4 Å². The number of morpholine rings is 1. The number of carbonyl (C=O) groups is 1. The maximum atomic E-state index is 12.6. The second-order valence-electron chi connectivity index (χ2n) is 6.98. The molecule has 2 saturated heterocycles. The number of pyridine rings is 1. The molecule has 0 spiro atoms. The van der Waals surface area contributed by atoms with E-state index in [-0.39, 0.29) is 5.91 Å². The van der Waals surface area contributed by atoms with Gasteiger partial charge in [-0.1, -0.05) is 19.4 Å². The molecule has 5 nitrogen and oxygen atoms in total. The lowest BCUT2D eigenvalue weighted by molar-refractivity contribution is 0.0298. The molecule has 2 fully saturated rings. The molecule has 4 radical (unpaired) electrons. The topological polar surface area (TPSA) is 45.7 Å². The van der Waals surface area contributed by atoms with Crippen LogP contribution in [0, 0.1) is 5.92 Å². The van der Waals surface area contributed by atoms with Crippen LogP contribution in [-0.4, -0.2) is 75.8 Å². The summed E-state index contributed by atoms with van der Waals surface area (Å²) < 4.78 is 5.30. The van der Waals surface area contributed by atoms with Crippen LogP contribution in [0.1, 0.15) is 42.4 Å². The van der Waals surface area contributed by atoms with E-state index >= 15 is 0 Å². The molecule has 130 valence electrons. The van der Waals surface area contributed by atoms with E-state index in [4.69, 9.17) is 20.4 Å². The van der Waals surface area contributed by atoms with Crippen molar-refractivity contribution in [3.63, 3.8) is 0 Å². The van der Waals surface area contributed by atoms with Crippen molar-refractivity contribution in [2.24, 2.45) is 5.92 Å². The van der Waals surface area contributed by atoms with E-state index in [0.29, 0.717) is 37.7 Å². The monoisotopic (exact) mass is 337 g/mol. The van der Waals surface area contributed by atoms with Crippen molar-refractivity contribution in [1.82, 2.24) is 14.8 Å². The lowest BCUT2D eigenvalue weighted by Gasteiger charge is -2.43. The zero-order valence-corrected chi connectivity index (χ0v) is 15.0. The smallest absolute Gasteiger partial charge is 0.272 e. The number of amides is 1. The molecule has 2 aliphatic rings. The highest BCUT2D eigenvalue weighted by molar-refractivity contribution is 6.39. The molecule has 1 aromatic rings. The second-order valence-corrected chi connectivity index (χ2v) is 6.98. The summed E-state index contributed by atoms with van der Waals surface area (Å²) in [5.74, 6) is 0.653. The van der Waals surface area contributed by atoms with Gasteiger partial charge in [-0.2, -0.15) is 0 Å². The molecule has 25 heavy (non-hydrogen) atoms. The first-order valence-corrected chi connectivity index (χ1v) is 9.19. The summed E-state index contributed by atoms with van der Waals surface area (Å²) in [4.78, 5) is 21.0. The van der Waals surface area contributed by atoms with Crippen LogP contribution in [0.25, 0.3) is 0 Å². The number of ether oxygens (including phenoxy) is 1. The average molecular weight is 337 g/mol. The molecule has 0 aliphatic carbocycles. The van der Waals surface area contributed by atoms with E-state index in [0.717, 1.165) is 31.8 Å². The molecule has 2 aliphatic heterocycles. The molecule has 0 saturated carbocycles. The van der Waals surface area contributed by atoms with Crippen molar-refractivity contribution in [1.29, 1.82) is 0 Å². The number of rotatable bonds is 4. The standard InChI is InChI=1S/C18H25B2N3O2/c1-2-14-6-8-23(9-7-14)18(19,20)16-5-3-4-15(21-16)17(24)22-10-12-25-13-11-22/h3-5,14H,2,6-13H2,1H3. The van der Waals surface area contributed by atoms with E-state index in [2.05, 4.69) is 16.8 Å². The van der Waals surface area contributed by atoms with Crippen LogP contribution in [0.15, 0.2) is 18.2 Å². The second kappa shape index (κ2) is 7.92. The zero-order valence-electron chi connectivity index (χ0n) is 15.0. The molecular weight excluding hydrogens is 312 g/mol. The molecule has 7 heteroatoms. The van der Waals surface area contributed by atoms with Crippen LogP contribution in [0.4, 0.5) is 0 Å². The Bertz CT molecular complexity index is 598. The summed E-state index contributed by atoms with van der Waals surface area (Å²) in [7, 11) is 12.9. The third kappa shape index (κ3) is 4.09. The van der Waals surface area contributed by atoms with Crippen molar-refractivity contribution in [3.8, 4) is 0 Å². The number of aromatic nitrogens is 1. The van der Waals surface area contributed by atoms with Crippen LogP contribution >= 0.6 is 0 Å². The minimum absolute atomic E-state index is 0.0920. The fourth-order valence-electron chi connectivity index (χ4n) is 3.58. The van der Waals surface area contributed by atoms with Gasteiger partial charge in [0.2, 0.25) is 0 Å². The van der Waals surface area contributed by atoms with E-state index in [1.807, 2.05) is 12.1 Å². The van der Waals surface area contributed by atoms with Crippen LogP contribution < -0.4 is 0 Å². The fraction of sp³-hybridized carbons (Fsp3) is 0.667. The third-order valence-corrected chi connectivity index (χ3v) is 5.39. The number of carbonyl (C=O) groups excluding carboxylic acids is 1. The van der Waals surface area contributed by atoms with Crippen molar-refractivity contribution < 1.29 is 9.53 Å². The molecule has 0 atom stereocenters. The van der Waals surface area contributed by atoms with Gasteiger partial charge in [-0.05, 0) is 49.3 Å². The average Bonchev–Trinajstić information content (AvgIpc) is 2.68. The van der Waals surface area contributed by atoms with Gasteiger partial charge in [0.05, 0.1) is 28.9 Å². The number of hydrogen-bond donors (Lipinski definition) is 0. The van der Waals surface area contributed by atoms with E-state index in [1.54, 1.807) is 11.0 Å². The van der Waals surface area contributed by atoms with Gasteiger partial charge in [-0.3, -0.25) is 4.79 Å². The lowest BCUT2D eigenvalue weighted by Crippen LogP contribution is -2.51. The summed E-state index contributed by atoms with van der Waals surface area (Å²) >= 11 is 0. The van der Waals surface area contributed by atoms with Crippen LogP contribution in [0.3, 0.4) is 0 Å². The molecule has 0 aromatic carbocycles. The molecule has 1 amide bonds. The highest BCUT2D eigenvalue weighted by Gasteiger charge is 2.32. The van der Waals surface area contributed by atoms with E-state index in [9.17, 15) is 4.79 Å². The largest absolute Gasteiger partial charge is 0.378 e. The number of hydrogen-bond acceptors (Lipinski definition) is 4. The van der Waals surface area contributed by atoms with Crippen LogP contribution in [-0.2, 0) is 10.1 Å².